The molecule has 0 unspecified atom stereocenters. The Labute approximate surface area is 174 Å². The average molecular weight is 462 g/mol. The molecule has 2 aromatic carbocycles. The van der Waals surface area contributed by atoms with Crippen LogP contribution in [-0.2, 0) is 6.42 Å². The van der Waals surface area contributed by atoms with Gasteiger partial charge in [0.05, 0.1) is 6.07 Å². The molecule has 1 aliphatic heterocycles. The molecule has 0 bridgehead atoms. The minimum absolute atomic E-state index is 0. The summed E-state index contributed by atoms with van der Waals surface area (Å²) in [6.07, 6.45) is 2.41. The van der Waals surface area contributed by atoms with Crippen LogP contribution in [0.5, 0.6) is 0 Å². The van der Waals surface area contributed by atoms with Gasteiger partial charge < -0.3 is 14.7 Å². The van der Waals surface area contributed by atoms with Crippen molar-refractivity contribution in [3.8, 4) is 6.07 Å². The first-order valence-electron chi connectivity index (χ1n) is 8.76. The molecule has 1 heterocycles. The van der Waals surface area contributed by atoms with E-state index in [0.29, 0.717) is 6.42 Å². The summed E-state index contributed by atoms with van der Waals surface area (Å²) in [7, 11) is 8.29. The first-order chi connectivity index (χ1) is 12.0. The molecule has 0 atom stereocenters. The fourth-order valence-corrected chi connectivity index (χ4v) is 3.35. The SMILES string of the molecule is CN(C)c1ccc2c(c1)N(CCCC#N)c1cc(N(C)C)ccc1C2.I. The third-order valence-corrected chi connectivity index (χ3v) is 4.80. The highest BCUT2D eigenvalue weighted by Gasteiger charge is 2.23. The molecule has 4 nitrogen and oxygen atoms in total. The molecular weight excluding hydrogens is 435 g/mol. The standard InChI is InChI=1S/C21H26N4.HI/c1-23(2)18-9-7-16-13-17-8-10-19(24(3)4)15-21(17)25(20(16)14-18)12-6-5-11-22;/h7-10,14-15H,5-6,12-13H2,1-4H3;1H. The van der Waals surface area contributed by atoms with E-state index in [-0.39, 0.29) is 24.0 Å². The molecule has 0 N–H and O–H groups in total. The number of anilines is 4. The number of fused-ring (bicyclic) bond motifs is 2. The lowest BCUT2D eigenvalue weighted by Gasteiger charge is -2.35. The number of unbranched alkanes of at least 4 members (excludes halogenated alkanes) is 1. The molecule has 0 radical (unpaired) electrons. The molecule has 0 amide bonds. The van der Waals surface area contributed by atoms with Crippen molar-refractivity contribution in [1.29, 1.82) is 5.26 Å². The highest BCUT2D eigenvalue weighted by molar-refractivity contribution is 14.0. The summed E-state index contributed by atoms with van der Waals surface area (Å²) in [4.78, 5) is 6.67. The molecule has 0 aromatic heterocycles. The minimum Gasteiger partial charge on any atom is -0.378 e. The number of rotatable bonds is 5. The van der Waals surface area contributed by atoms with Crippen LogP contribution in [0.1, 0.15) is 24.0 Å². The molecule has 5 heteroatoms. The van der Waals surface area contributed by atoms with E-state index in [4.69, 9.17) is 5.26 Å². The molecule has 2 aromatic rings. The summed E-state index contributed by atoms with van der Waals surface area (Å²) in [6, 6.07) is 15.7. The van der Waals surface area contributed by atoms with E-state index in [1.54, 1.807) is 0 Å². The lowest BCUT2D eigenvalue weighted by molar-refractivity contribution is 0.816. The van der Waals surface area contributed by atoms with Crippen LogP contribution in [-0.4, -0.2) is 34.7 Å². The summed E-state index contributed by atoms with van der Waals surface area (Å²) in [5.74, 6) is 0. The number of hydrogen-bond acceptors (Lipinski definition) is 4. The monoisotopic (exact) mass is 462 g/mol. The van der Waals surface area contributed by atoms with Gasteiger partial charge in [-0.1, -0.05) is 12.1 Å². The summed E-state index contributed by atoms with van der Waals surface area (Å²) < 4.78 is 0. The molecule has 0 aliphatic carbocycles. The maximum absolute atomic E-state index is 8.94. The molecule has 0 saturated heterocycles. The first kappa shape index (κ1) is 20.4. The summed E-state index contributed by atoms with van der Waals surface area (Å²) >= 11 is 0. The van der Waals surface area contributed by atoms with Gasteiger partial charge in [-0.2, -0.15) is 5.26 Å². The van der Waals surface area contributed by atoms with E-state index >= 15 is 0 Å². The van der Waals surface area contributed by atoms with Crippen LogP contribution in [0.3, 0.4) is 0 Å². The van der Waals surface area contributed by atoms with Crippen molar-refractivity contribution in [2.24, 2.45) is 0 Å². The van der Waals surface area contributed by atoms with Gasteiger partial charge >= 0.3 is 0 Å². The third-order valence-electron chi connectivity index (χ3n) is 4.80. The van der Waals surface area contributed by atoms with E-state index in [2.05, 4.69) is 85.4 Å². The molecule has 138 valence electrons. The van der Waals surface area contributed by atoms with Crippen LogP contribution in [0.25, 0.3) is 0 Å². The van der Waals surface area contributed by atoms with Crippen molar-refractivity contribution < 1.29 is 0 Å². The van der Waals surface area contributed by atoms with Gasteiger partial charge in [-0.05, 0) is 41.8 Å². The van der Waals surface area contributed by atoms with E-state index in [1.807, 2.05) is 0 Å². The van der Waals surface area contributed by atoms with Crippen LogP contribution in [0.15, 0.2) is 36.4 Å². The van der Waals surface area contributed by atoms with Gasteiger partial charge in [0.15, 0.2) is 0 Å². The molecular formula is C21H27IN4. The Balaban J connectivity index is 0.00000243. The van der Waals surface area contributed by atoms with Gasteiger partial charge in [0.25, 0.3) is 0 Å². The lowest BCUT2D eigenvalue weighted by atomic mass is 9.94. The zero-order valence-corrected chi connectivity index (χ0v) is 18.3. The lowest BCUT2D eigenvalue weighted by Crippen LogP contribution is -2.25. The van der Waals surface area contributed by atoms with Gasteiger partial charge in [0.2, 0.25) is 0 Å². The molecule has 3 rings (SSSR count). The van der Waals surface area contributed by atoms with Gasteiger partial charge in [-0.15, -0.1) is 24.0 Å². The molecule has 0 fully saturated rings. The summed E-state index contributed by atoms with van der Waals surface area (Å²) in [5, 5.41) is 8.94. The summed E-state index contributed by atoms with van der Waals surface area (Å²) in [6.45, 7) is 0.862. The smallest absolute Gasteiger partial charge is 0.0622 e. The Morgan fingerprint density at radius 2 is 1.42 bits per heavy atom. The zero-order valence-electron chi connectivity index (χ0n) is 16.0. The van der Waals surface area contributed by atoms with Crippen LogP contribution in [0.4, 0.5) is 22.7 Å². The Kier molecular flexibility index (Phi) is 6.76. The second-order valence-corrected chi connectivity index (χ2v) is 7.00. The predicted octanol–water partition coefficient (Wildman–Crippen LogP) is 4.78. The third kappa shape index (κ3) is 4.07. The number of nitriles is 1. The van der Waals surface area contributed by atoms with Crippen molar-refractivity contribution in [3.05, 3.63) is 47.5 Å². The van der Waals surface area contributed by atoms with Crippen LogP contribution >= 0.6 is 24.0 Å². The van der Waals surface area contributed by atoms with Crippen molar-refractivity contribution in [2.75, 3.05) is 49.4 Å². The molecule has 0 saturated carbocycles. The first-order valence-corrected chi connectivity index (χ1v) is 8.76. The Hall–Kier alpha value is -1.94. The Morgan fingerprint density at radius 3 is 1.85 bits per heavy atom. The molecule has 26 heavy (non-hydrogen) atoms. The molecule has 1 aliphatic rings. The van der Waals surface area contributed by atoms with Crippen molar-refractivity contribution in [3.63, 3.8) is 0 Å². The van der Waals surface area contributed by atoms with Crippen molar-refractivity contribution in [1.82, 2.24) is 0 Å². The van der Waals surface area contributed by atoms with Gasteiger partial charge in [-0.3, -0.25) is 0 Å². The second-order valence-electron chi connectivity index (χ2n) is 7.00. The normalized spacial score (nSPS) is 11.7. The largest absolute Gasteiger partial charge is 0.378 e. The number of hydrogen-bond donors (Lipinski definition) is 0. The Morgan fingerprint density at radius 1 is 0.923 bits per heavy atom. The van der Waals surface area contributed by atoms with E-state index < -0.39 is 0 Å². The maximum Gasteiger partial charge on any atom is 0.0622 e. The minimum atomic E-state index is 0. The highest BCUT2D eigenvalue weighted by Crippen LogP contribution is 2.41. The zero-order chi connectivity index (χ0) is 18.0. The summed E-state index contributed by atoms with van der Waals surface area (Å²) in [5.41, 5.74) is 7.66. The van der Waals surface area contributed by atoms with E-state index in [1.165, 1.54) is 33.9 Å². The van der Waals surface area contributed by atoms with Crippen molar-refractivity contribution >= 4 is 46.7 Å². The highest BCUT2D eigenvalue weighted by atomic mass is 127. The number of nitrogens with zero attached hydrogens (tertiary/aromatic N) is 4. The van der Waals surface area contributed by atoms with Gasteiger partial charge in [0.1, 0.15) is 0 Å². The van der Waals surface area contributed by atoms with E-state index in [0.717, 1.165) is 19.4 Å². The van der Waals surface area contributed by atoms with Crippen LogP contribution in [0.2, 0.25) is 0 Å². The van der Waals surface area contributed by atoms with Gasteiger partial charge in [0, 0.05) is 70.3 Å². The number of halogens is 1. The second kappa shape index (κ2) is 8.63. The molecule has 0 spiro atoms. The quantitative estimate of drug-likeness (QED) is 0.473. The fraction of sp³-hybridized carbons (Fsp3) is 0.381. The predicted molar refractivity (Wildman–Crippen MR) is 122 cm³/mol. The van der Waals surface area contributed by atoms with Crippen LogP contribution in [0, 0.1) is 11.3 Å². The Bertz CT molecular complexity index is 751. The van der Waals surface area contributed by atoms with Gasteiger partial charge in [-0.25, -0.2) is 0 Å². The fourth-order valence-electron chi connectivity index (χ4n) is 3.35. The van der Waals surface area contributed by atoms with E-state index in [9.17, 15) is 0 Å². The number of benzene rings is 2. The topological polar surface area (TPSA) is 33.5 Å². The van der Waals surface area contributed by atoms with Crippen molar-refractivity contribution in [2.45, 2.75) is 19.3 Å². The maximum atomic E-state index is 8.94. The van der Waals surface area contributed by atoms with Crippen LogP contribution < -0.4 is 14.7 Å². The average Bonchev–Trinajstić information content (AvgIpc) is 2.60.